The van der Waals surface area contributed by atoms with Crippen molar-refractivity contribution >= 4 is 11.8 Å². The van der Waals surface area contributed by atoms with Crippen molar-refractivity contribution in [3.63, 3.8) is 0 Å². The summed E-state index contributed by atoms with van der Waals surface area (Å²) >= 11 is 0. The Morgan fingerprint density at radius 3 is 2.50 bits per heavy atom. The van der Waals surface area contributed by atoms with Crippen molar-refractivity contribution in [2.24, 2.45) is 0 Å². The summed E-state index contributed by atoms with van der Waals surface area (Å²) in [5.41, 5.74) is 7.04. The van der Waals surface area contributed by atoms with Gasteiger partial charge in [-0.05, 0) is 24.3 Å². The van der Waals surface area contributed by atoms with Crippen molar-refractivity contribution < 1.29 is 24.9 Å². The van der Waals surface area contributed by atoms with Gasteiger partial charge < -0.3 is 15.5 Å². The zero-order valence-electron chi connectivity index (χ0n) is 10.5. The number of hydrogen-bond acceptors (Lipinski definition) is 6. The van der Waals surface area contributed by atoms with Crippen molar-refractivity contribution in [1.82, 2.24) is 0 Å². The van der Waals surface area contributed by atoms with E-state index < -0.39 is 0 Å². The molecular weight excluding hydrogens is 262 g/mol. The van der Waals surface area contributed by atoms with Gasteiger partial charge in [-0.1, -0.05) is 36.5 Å². The Hall–Kier alpha value is -2.54. The minimum atomic E-state index is 0.411. The average Bonchev–Trinajstić information content (AvgIpc) is 2.45. The second-order valence-corrected chi connectivity index (χ2v) is 3.64. The number of anilines is 1. The van der Waals surface area contributed by atoms with Crippen LogP contribution in [0, 0.1) is 0 Å². The first kappa shape index (κ1) is 13.9. The minimum Gasteiger partial charge on any atom is -0.399 e. The van der Waals surface area contributed by atoms with Gasteiger partial charge in [-0.15, -0.1) is 0 Å². The van der Waals surface area contributed by atoms with E-state index in [1.165, 1.54) is 6.26 Å². The van der Waals surface area contributed by atoms with Crippen LogP contribution in [0.15, 0.2) is 60.9 Å². The molecule has 0 saturated heterocycles. The predicted molar refractivity (Wildman–Crippen MR) is 72.3 cm³/mol. The molecule has 2 N–H and O–H groups in total. The van der Waals surface area contributed by atoms with Gasteiger partial charge in [0.1, 0.15) is 6.26 Å². The van der Waals surface area contributed by atoms with Gasteiger partial charge in [0.15, 0.2) is 5.75 Å². The maximum Gasteiger partial charge on any atom is 0.176 e. The Balaban J connectivity index is 2.17. The van der Waals surface area contributed by atoms with E-state index >= 15 is 0 Å². The molecule has 1 aromatic carbocycles. The second kappa shape index (κ2) is 7.80. The molecule has 20 heavy (non-hydrogen) atoms. The van der Waals surface area contributed by atoms with E-state index in [0.717, 1.165) is 5.56 Å². The molecular formula is C14H13NO5. The highest BCUT2D eigenvalue weighted by atomic mass is 17.8. The highest BCUT2D eigenvalue weighted by molar-refractivity contribution is 5.63. The number of nitrogen functional groups attached to an aromatic ring is 1. The van der Waals surface area contributed by atoms with E-state index in [9.17, 15) is 0 Å². The summed E-state index contributed by atoms with van der Waals surface area (Å²) in [5, 5.41) is 12.8. The van der Waals surface area contributed by atoms with E-state index in [1.54, 1.807) is 30.4 Å². The first-order chi connectivity index (χ1) is 9.86. The highest BCUT2D eigenvalue weighted by Gasteiger charge is 2.04. The second-order valence-electron chi connectivity index (χ2n) is 3.64. The number of fused-ring (bicyclic) bond motifs is 1. The molecule has 0 saturated carbocycles. The summed E-state index contributed by atoms with van der Waals surface area (Å²) in [6.07, 6.45) is 13.8. The molecule has 104 valence electrons. The SMILES string of the molecule is Nc1ccc2c(c1)\C=C/C=C\C=C/C=C\OOOOO2. The van der Waals surface area contributed by atoms with Crippen LogP contribution in [0.4, 0.5) is 5.69 Å². The van der Waals surface area contributed by atoms with Gasteiger partial charge in [0.25, 0.3) is 0 Å². The molecule has 0 fully saturated rings. The summed E-state index contributed by atoms with van der Waals surface area (Å²) in [7, 11) is 0. The maximum absolute atomic E-state index is 5.72. The molecule has 0 spiro atoms. The van der Waals surface area contributed by atoms with Crippen LogP contribution in [0.3, 0.4) is 0 Å². The van der Waals surface area contributed by atoms with Gasteiger partial charge >= 0.3 is 0 Å². The molecule has 1 aromatic rings. The summed E-state index contributed by atoms with van der Waals surface area (Å²) in [4.78, 5) is 9.42. The van der Waals surface area contributed by atoms with Crippen LogP contribution in [0.1, 0.15) is 5.56 Å². The molecule has 0 amide bonds. The fourth-order valence-corrected chi connectivity index (χ4v) is 1.37. The van der Waals surface area contributed by atoms with Gasteiger partial charge in [0.05, 0.1) is 0 Å². The molecule has 6 nitrogen and oxygen atoms in total. The summed E-state index contributed by atoms with van der Waals surface area (Å²) in [6, 6.07) is 5.04. The summed E-state index contributed by atoms with van der Waals surface area (Å²) in [6.45, 7) is 0. The molecule has 1 aliphatic rings. The van der Waals surface area contributed by atoms with E-state index in [-0.39, 0.29) is 0 Å². The molecule has 0 radical (unpaired) electrons. The first-order valence-electron chi connectivity index (χ1n) is 5.76. The zero-order valence-corrected chi connectivity index (χ0v) is 10.5. The third kappa shape index (κ3) is 4.62. The van der Waals surface area contributed by atoms with Crippen LogP contribution < -0.4 is 10.6 Å². The molecule has 0 bridgehead atoms. The van der Waals surface area contributed by atoms with Crippen molar-refractivity contribution in [3.8, 4) is 5.75 Å². The van der Waals surface area contributed by atoms with Crippen LogP contribution in [0.5, 0.6) is 5.75 Å². The fourth-order valence-electron chi connectivity index (χ4n) is 1.37. The summed E-state index contributed by atoms with van der Waals surface area (Å²) in [5.74, 6) is 0.411. The third-order valence-electron chi connectivity index (χ3n) is 2.22. The summed E-state index contributed by atoms with van der Waals surface area (Å²) < 4.78 is 0. The van der Waals surface area contributed by atoms with E-state index in [0.29, 0.717) is 11.4 Å². The topological polar surface area (TPSA) is 72.2 Å². The van der Waals surface area contributed by atoms with Crippen molar-refractivity contribution in [2.45, 2.75) is 0 Å². The molecule has 0 aliphatic carbocycles. The maximum atomic E-state index is 5.72. The monoisotopic (exact) mass is 275 g/mol. The van der Waals surface area contributed by atoms with Gasteiger partial charge in [0, 0.05) is 26.4 Å². The van der Waals surface area contributed by atoms with Crippen molar-refractivity contribution in [2.75, 3.05) is 5.73 Å². The van der Waals surface area contributed by atoms with E-state index in [4.69, 9.17) is 10.6 Å². The minimum absolute atomic E-state index is 0.411. The first-order valence-corrected chi connectivity index (χ1v) is 5.76. The van der Waals surface area contributed by atoms with Crippen LogP contribution in [-0.4, -0.2) is 0 Å². The Morgan fingerprint density at radius 2 is 1.60 bits per heavy atom. The molecule has 1 aliphatic heterocycles. The van der Waals surface area contributed by atoms with Gasteiger partial charge in [-0.25, -0.2) is 0 Å². The molecule has 0 unspecified atom stereocenters. The number of allylic oxidation sites excluding steroid dienone is 6. The van der Waals surface area contributed by atoms with Gasteiger partial charge in [-0.2, -0.15) is 0 Å². The lowest BCUT2D eigenvalue weighted by atomic mass is 10.1. The van der Waals surface area contributed by atoms with Gasteiger partial charge in [-0.3, -0.25) is 0 Å². The third-order valence-corrected chi connectivity index (χ3v) is 2.22. The van der Waals surface area contributed by atoms with Crippen LogP contribution >= 0.6 is 0 Å². The van der Waals surface area contributed by atoms with Crippen LogP contribution in [-0.2, 0) is 20.0 Å². The lowest BCUT2D eigenvalue weighted by Gasteiger charge is -2.05. The fraction of sp³-hybridized carbons (Fsp3) is 0. The standard InChI is InChI=1S/C14H13NO5/c15-13-8-9-14-12(11-13)7-5-3-1-2-4-6-10-16-18-20-19-17-14/h1-11H,15H2/b3-1-,4-2-,7-5-,10-6-. The smallest absolute Gasteiger partial charge is 0.176 e. The number of nitrogens with two attached hydrogens (primary N) is 1. The van der Waals surface area contributed by atoms with E-state index in [2.05, 4.69) is 20.0 Å². The lowest BCUT2D eigenvalue weighted by Crippen LogP contribution is -2.01. The molecule has 6 heteroatoms. The van der Waals surface area contributed by atoms with Gasteiger partial charge in [0.2, 0.25) is 0 Å². The Bertz CT molecular complexity index is 548. The number of rotatable bonds is 0. The molecule has 0 aromatic heterocycles. The Labute approximate surface area is 115 Å². The average molecular weight is 275 g/mol. The zero-order chi connectivity index (χ0) is 14.0. The van der Waals surface area contributed by atoms with E-state index in [1.807, 2.05) is 30.4 Å². The van der Waals surface area contributed by atoms with Crippen molar-refractivity contribution in [1.29, 1.82) is 0 Å². The molecule has 0 atom stereocenters. The Morgan fingerprint density at radius 1 is 0.800 bits per heavy atom. The van der Waals surface area contributed by atoms with Crippen LogP contribution in [0.2, 0.25) is 0 Å². The highest BCUT2D eigenvalue weighted by Crippen LogP contribution is 2.23. The predicted octanol–water partition coefficient (Wildman–Crippen LogP) is 3.03. The largest absolute Gasteiger partial charge is 0.399 e. The normalized spacial score (nSPS) is 22.0. The number of hydrogen-bond donors (Lipinski definition) is 1. The van der Waals surface area contributed by atoms with Crippen molar-refractivity contribution in [3.05, 3.63) is 66.5 Å². The molecule has 1 heterocycles. The Kier molecular flexibility index (Phi) is 5.41. The number of benzene rings is 1. The quantitative estimate of drug-likeness (QED) is 0.579. The molecule has 2 rings (SSSR count). The van der Waals surface area contributed by atoms with Crippen LogP contribution in [0.25, 0.3) is 6.08 Å². The lowest BCUT2D eigenvalue weighted by molar-refractivity contribution is -0.682.